The van der Waals surface area contributed by atoms with Crippen LogP contribution in [0, 0.1) is 5.82 Å². The zero-order valence-electron chi connectivity index (χ0n) is 11.4. The maximum Gasteiger partial charge on any atom is 0.125 e. The Hall–Kier alpha value is -2.62. The Labute approximate surface area is 121 Å². The molecule has 0 amide bonds. The van der Waals surface area contributed by atoms with E-state index in [2.05, 4.69) is 9.88 Å². The van der Waals surface area contributed by atoms with Crippen molar-refractivity contribution in [2.75, 3.05) is 17.2 Å². The predicted octanol–water partition coefficient (Wildman–Crippen LogP) is 3.65. The van der Waals surface area contributed by atoms with E-state index in [-0.39, 0.29) is 5.82 Å². The summed E-state index contributed by atoms with van der Waals surface area (Å²) < 4.78 is 13.6. The van der Waals surface area contributed by atoms with Crippen LogP contribution in [0.2, 0.25) is 0 Å². The Bertz CT molecular complexity index is 845. The van der Waals surface area contributed by atoms with E-state index in [9.17, 15) is 4.39 Å². The summed E-state index contributed by atoms with van der Waals surface area (Å²) in [4.78, 5) is 6.46. The number of rotatable bonds is 1. The van der Waals surface area contributed by atoms with Gasteiger partial charge < -0.3 is 10.6 Å². The van der Waals surface area contributed by atoms with Crippen LogP contribution in [0.4, 0.5) is 21.5 Å². The number of pyridine rings is 1. The van der Waals surface area contributed by atoms with Crippen LogP contribution in [0.15, 0.2) is 48.7 Å². The number of nitrogens with zero attached hydrogens (tertiary/aromatic N) is 2. The lowest BCUT2D eigenvalue weighted by Crippen LogP contribution is -2.16. The fraction of sp³-hybridized carbons (Fsp3) is 0.118. The van der Waals surface area contributed by atoms with E-state index in [0.29, 0.717) is 5.69 Å². The summed E-state index contributed by atoms with van der Waals surface area (Å²) in [7, 11) is 0. The molecule has 104 valence electrons. The number of hydrogen-bond acceptors (Lipinski definition) is 3. The minimum Gasteiger partial charge on any atom is -0.396 e. The van der Waals surface area contributed by atoms with Crippen molar-refractivity contribution in [3.63, 3.8) is 0 Å². The van der Waals surface area contributed by atoms with E-state index in [1.165, 1.54) is 6.07 Å². The van der Waals surface area contributed by atoms with Crippen LogP contribution < -0.4 is 10.6 Å². The van der Waals surface area contributed by atoms with Crippen LogP contribution in [0.5, 0.6) is 0 Å². The largest absolute Gasteiger partial charge is 0.396 e. The van der Waals surface area contributed by atoms with Gasteiger partial charge in [-0.15, -0.1) is 0 Å². The summed E-state index contributed by atoms with van der Waals surface area (Å²) in [5.74, 6) is -0.224. The highest BCUT2D eigenvalue weighted by Crippen LogP contribution is 2.41. The van der Waals surface area contributed by atoms with Crippen LogP contribution in [-0.4, -0.2) is 11.5 Å². The smallest absolute Gasteiger partial charge is 0.125 e. The lowest BCUT2D eigenvalue weighted by atomic mass is 10.1. The van der Waals surface area contributed by atoms with Crippen LogP contribution in [0.1, 0.15) is 5.56 Å². The Morgan fingerprint density at radius 3 is 2.90 bits per heavy atom. The summed E-state index contributed by atoms with van der Waals surface area (Å²) in [6.45, 7) is 0.803. The molecule has 0 fully saturated rings. The molecule has 4 rings (SSSR count). The molecule has 4 heteroatoms. The van der Waals surface area contributed by atoms with E-state index in [4.69, 9.17) is 5.73 Å². The quantitative estimate of drug-likeness (QED) is 0.739. The second-order valence-corrected chi connectivity index (χ2v) is 5.25. The van der Waals surface area contributed by atoms with E-state index in [0.717, 1.165) is 40.8 Å². The van der Waals surface area contributed by atoms with Gasteiger partial charge in [-0.05, 0) is 30.2 Å². The van der Waals surface area contributed by atoms with E-state index in [1.54, 1.807) is 12.3 Å². The molecule has 2 aromatic carbocycles. The molecule has 3 aromatic rings. The highest BCUT2D eigenvalue weighted by Gasteiger charge is 2.24. The second kappa shape index (κ2) is 4.45. The van der Waals surface area contributed by atoms with E-state index < -0.39 is 0 Å². The number of nitrogens with two attached hydrogens (primary N) is 1. The number of nitrogen functional groups attached to an aromatic ring is 1. The molecular formula is C17H14FN3. The van der Waals surface area contributed by atoms with Gasteiger partial charge in [0, 0.05) is 17.6 Å². The molecule has 0 unspecified atom stereocenters. The zero-order chi connectivity index (χ0) is 14.4. The van der Waals surface area contributed by atoms with Crippen LogP contribution in [0.25, 0.3) is 10.9 Å². The Kier molecular flexibility index (Phi) is 2.57. The highest BCUT2D eigenvalue weighted by atomic mass is 19.1. The molecule has 3 nitrogen and oxygen atoms in total. The van der Waals surface area contributed by atoms with Gasteiger partial charge in [-0.2, -0.15) is 0 Å². The normalized spacial score (nSPS) is 13.7. The molecule has 2 heterocycles. The van der Waals surface area contributed by atoms with Crippen molar-refractivity contribution in [2.24, 2.45) is 0 Å². The van der Waals surface area contributed by atoms with E-state index >= 15 is 0 Å². The highest BCUT2D eigenvalue weighted by molar-refractivity contribution is 6.00. The standard InChI is InChI=1S/C17H14FN3/c18-12-6-5-11-7-8-21(16(11)9-12)17-13-3-1-2-4-15(13)20-10-14(17)19/h1-6,9-10H,7-8,19H2. The fourth-order valence-corrected chi connectivity index (χ4v) is 3.03. The molecule has 0 spiro atoms. The maximum atomic E-state index is 13.6. The van der Waals surface area contributed by atoms with Gasteiger partial charge in [0.25, 0.3) is 0 Å². The molecule has 21 heavy (non-hydrogen) atoms. The Morgan fingerprint density at radius 2 is 2.00 bits per heavy atom. The SMILES string of the molecule is Nc1cnc2ccccc2c1N1CCc2ccc(F)cc21. The summed E-state index contributed by atoms with van der Waals surface area (Å²) >= 11 is 0. The molecule has 0 radical (unpaired) electrons. The van der Waals surface area contributed by atoms with Crippen molar-refractivity contribution < 1.29 is 4.39 Å². The molecular weight excluding hydrogens is 265 g/mol. The number of fused-ring (bicyclic) bond motifs is 2. The van der Waals surface area contributed by atoms with Crippen molar-refractivity contribution in [3.05, 3.63) is 60.0 Å². The minimum atomic E-state index is -0.224. The third kappa shape index (κ3) is 1.83. The van der Waals surface area contributed by atoms with Gasteiger partial charge in [-0.25, -0.2) is 4.39 Å². The second-order valence-electron chi connectivity index (χ2n) is 5.25. The Morgan fingerprint density at radius 1 is 1.14 bits per heavy atom. The Balaban J connectivity index is 1.97. The van der Waals surface area contributed by atoms with Crippen LogP contribution >= 0.6 is 0 Å². The number of halogens is 1. The van der Waals surface area contributed by atoms with Gasteiger partial charge in [0.1, 0.15) is 5.82 Å². The van der Waals surface area contributed by atoms with Crippen molar-refractivity contribution in [1.82, 2.24) is 4.98 Å². The van der Waals surface area contributed by atoms with Crippen LogP contribution in [0.3, 0.4) is 0 Å². The van der Waals surface area contributed by atoms with Gasteiger partial charge >= 0.3 is 0 Å². The molecule has 0 saturated heterocycles. The summed E-state index contributed by atoms with van der Waals surface area (Å²) in [6, 6.07) is 12.8. The molecule has 1 aliphatic heterocycles. The molecule has 1 aromatic heterocycles. The first-order chi connectivity index (χ1) is 10.2. The topological polar surface area (TPSA) is 42.1 Å². The molecule has 0 saturated carbocycles. The average Bonchev–Trinajstić information content (AvgIpc) is 2.90. The van der Waals surface area contributed by atoms with Crippen molar-refractivity contribution in [2.45, 2.75) is 6.42 Å². The van der Waals surface area contributed by atoms with Gasteiger partial charge in [0.05, 0.1) is 23.1 Å². The molecule has 2 N–H and O–H groups in total. The van der Waals surface area contributed by atoms with Gasteiger partial charge in [-0.1, -0.05) is 24.3 Å². The zero-order valence-corrected chi connectivity index (χ0v) is 11.4. The molecule has 0 atom stereocenters. The van der Waals surface area contributed by atoms with Gasteiger partial charge in [-0.3, -0.25) is 4.98 Å². The molecule has 0 aliphatic carbocycles. The summed E-state index contributed by atoms with van der Waals surface area (Å²) in [5.41, 5.74) is 10.6. The number of hydrogen-bond donors (Lipinski definition) is 1. The number of anilines is 3. The third-order valence-electron chi connectivity index (χ3n) is 3.99. The van der Waals surface area contributed by atoms with Crippen molar-refractivity contribution >= 4 is 28.0 Å². The first-order valence-electron chi connectivity index (χ1n) is 6.93. The van der Waals surface area contributed by atoms with Gasteiger partial charge in [0.2, 0.25) is 0 Å². The average molecular weight is 279 g/mol. The fourth-order valence-electron chi connectivity index (χ4n) is 3.03. The number of benzene rings is 2. The van der Waals surface area contributed by atoms with Gasteiger partial charge in [0.15, 0.2) is 0 Å². The third-order valence-corrected chi connectivity index (χ3v) is 3.99. The molecule has 0 bridgehead atoms. The summed E-state index contributed by atoms with van der Waals surface area (Å²) in [6.07, 6.45) is 2.57. The maximum absolute atomic E-state index is 13.6. The lowest BCUT2D eigenvalue weighted by Gasteiger charge is -2.23. The van der Waals surface area contributed by atoms with Crippen molar-refractivity contribution in [3.8, 4) is 0 Å². The first kappa shape index (κ1) is 12.1. The monoisotopic (exact) mass is 279 g/mol. The molecule has 1 aliphatic rings. The number of aromatic nitrogens is 1. The van der Waals surface area contributed by atoms with E-state index in [1.807, 2.05) is 30.3 Å². The minimum absolute atomic E-state index is 0.224. The predicted molar refractivity (Wildman–Crippen MR) is 83.3 cm³/mol. The first-order valence-corrected chi connectivity index (χ1v) is 6.93. The number of para-hydroxylation sites is 1. The summed E-state index contributed by atoms with van der Waals surface area (Å²) in [5, 5.41) is 0.995. The van der Waals surface area contributed by atoms with Crippen molar-refractivity contribution in [1.29, 1.82) is 0 Å². The van der Waals surface area contributed by atoms with Crippen LogP contribution in [-0.2, 0) is 6.42 Å². The lowest BCUT2D eigenvalue weighted by molar-refractivity contribution is 0.628.